The van der Waals surface area contributed by atoms with Gasteiger partial charge in [-0.1, -0.05) is 55.8 Å². The van der Waals surface area contributed by atoms with E-state index >= 15 is 0 Å². The number of fused-ring (bicyclic) bond motifs is 1. The van der Waals surface area contributed by atoms with E-state index in [1.54, 1.807) is 0 Å². The highest BCUT2D eigenvalue weighted by Crippen LogP contribution is 2.19. The Balaban J connectivity index is 0.000000246. The number of benzene rings is 2. The van der Waals surface area contributed by atoms with Gasteiger partial charge in [-0.15, -0.1) is 0 Å². The molecule has 0 aliphatic carbocycles. The molecule has 2 rings (SSSR count). The molecule has 0 unspecified atom stereocenters. The van der Waals surface area contributed by atoms with Crippen LogP contribution in [0.3, 0.4) is 0 Å². The number of aryl methyl sites for hydroxylation is 1. The van der Waals surface area contributed by atoms with E-state index in [9.17, 15) is 0 Å². The van der Waals surface area contributed by atoms with E-state index in [0.29, 0.717) is 0 Å². The molecule has 0 bridgehead atoms. The van der Waals surface area contributed by atoms with E-state index in [4.69, 9.17) is 8.85 Å². The van der Waals surface area contributed by atoms with Gasteiger partial charge in [0.05, 0.1) is 0 Å². The molecule has 3 heteroatoms. The minimum Gasteiger partial charge on any atom is -0.399 e. The summed E-state index contributed by atoms with van der Waals surface area (Å²) in [5.41, 5.74) is 1.47. The van der Waals surface area contributed by atoms with Gasteiger partial charge in [0.2, 0.25) is 0 Å². The monoisotopic (exact) mass is 290 g/mol. The van der Waals surface area contributed by atoms with Crippen LogP contribution in [0, 0.1) is 0 Å². The Hall–Kier alpha value is -1.16. The van der Waals surface area contributed by atoms with Crippen molar-refractivity contribution in [1.29, 1.82) is 0 Å². The van der Waals surface area contributed by atoms with Gasteiger partial charge >= 0.3 is 10.0 Å². The average molecular weight is 290 g/mol. The smallest absolute Gasteiger partial charge is 0.304 e. The zero-order valence-corrected chi connectivity index (χ0v) is 14.3. The summed E-state index contributed by atoms with van der Waals surface area (Å²) < 4.78 is 9.98. The molecule has 110 valence electrons. The van der Waals surface area contributed by atoms with Crippen molar-refractivity contribution in [1.82, 2.24) is 0 Å². The van der Waals surface area contributed by atoms with Crippen molar-refractivity contribution < 1.29 is 8.85 Å². The molecule has 0 spiro atoms. The summed E-state index contributed by atoms with van der Waals surface area (Å²) in [5, 5.41) is 2.76. The van der Waals surface area contributed by atoms with Crippen molar-refractivity contribution >= 4 is 20.8 Å². The Morgan fingerprint density at radius 2 is 1.50 bits per heavy atom. The lowest BCUT2D eigenvalue weighted by Crippen LogP contribution is -2.02. The Kier molecular flexibility index (Phi) is 8.95. The maximum absolute atomic E-state index is 4.99. The molecule has 0 N–H and O–H groups in total. The van der Waals surface area contributed by atoms with Gasteiger partial charge in [-0.25, -0.2) is 0 Å². The summed E-state index contributed by atoms with van der Waals surface area (Å²) in [5.74, 6) is 0. The maximum Gasteiger partial charge on any atom is 0.304 e. The molecule has 0 amide bonds. The number of hydrogen-bond donors (Lipinski definition) is 0. The normalized spacial score (nSPS) is 10.2. The molecule has 0 saturated carbocycles. The minimum absolute atomic E-state index is 0.589. The van der Waals surface area contributed by atoms with E-state index in [1.165, 1.54) is 29.2 Å². The highest BCUT2D eigenvalue weighted by Gasteiger charge is 1.97. The number of hydrogen-bond acceptors (Lipinski definition) is 2. The second-order valence-electron chi connectivity index (χ2n) is 4.49. The Morgan fingerprint density at radius 1 is 0.850 bits per heavy atom. The first kappa shape index (κ1) is 16.9. The van der Waals surface area contributed by atoms with Crippen molar-refractivity contribution in [3.8, 4) is 0 Å². The van der Waals surface area contributed by atoms with Gasteiger partial charge in [-0.2, -0.15) is 0 Å². The van der Waals surface area contributed by atoms with Gasteiger partial charge in [-0.05, 0) is 36.6 Å². The van der Waals surface area contributed by atoms with Gasteiger partial charge in [0.25, 0.3) is 0 Å². The van der Waals surface area contributed by atoms with Gasteiger partial charge in [0, 0.05) is 13.2 Å². The molecule has 0 heterocycles. The fourth-order valence-corrected chi connectivity index (χ4v) is 2.46. The zero-order chi connectivity index (χ0) is 14.6. The highest BCUT2D eigenvalue weighted by molar-refractivity contribution is 6.17. The van der Waals surface area contributed by atoms with Crippen molar-refractivity contribution in [2.24, 2.45) is 0 Å². The van der Waals surface area contributed by atoms with E-state index < -0.39 is 10.0 Å². The van der Waals surface area contributed by atoms with Crippen molar-refractivity contribution in [3.05, 3.63) is 48.0 Å². The van der Waals surface area contributed by atoms with Crippen LogP contribution >= 0.6 is 0 Å². The van der Waals surface area contributed by atoms with Crippen molar-refractivity contribution in [3.63, 3.8) is 0 Å². The van der Waals surface area contributed by atoms with Gasteiger partial charge in [-0.3, -0.25) is 0 Å². The van der Waals surface area contributed by atoms with Crippen LogP contribution in [0.4, 0.5) is 0 Å². The third-order valence-electron chi connectivity index (χ3n) is 2.97. The fourth-order valence-electron chi connectivity index (χ4n) is 2.01. The summed E-state index contributed by atoms with van der Waals surface area (Å²) in [6.07, 6.45) is 2.40. The first-order valence-corrected chi connectivity index (χ1v) is 8.61. The molecular weight excluding hydrogens is 264 g/mol. The van der Waals surface area contributed by atoms with Crippen LogP contribution in [0.1, 0.15) is 32.8 Å². The van der Waals surface area contributed by atoms with Crippen molar-refractivity contribution in [2.75, 3.05) is 13.2 Å². The topological polar surface area (TPSA) is 18.5 Å². The van der Waals surface area contributed by atoms with E-state index in [-0.39, 0.29) is 0 Å². The quantitative estimate of drug-likeness (QED) is 0.594. The third kappa shape index (κ3) is 5.86. The van der Waals surface area contributed by atoms with Gasteiger partial charge in [0.1, 0.15) is 0 Å². The van der Waals surface area contributed by atoms with Gasteiger partial charge in [0.15, 0.2) is 0 Å². The fraction of sp³-hybridized carbons (Fsp3) is 0.412. The molecular formula is C17H26O2Si. The summed E-state index contributed by atoms with van der Waals surface area (Å²) in [4.78, 5) is 0. The van der Waals surface area contributed by atoms with Crippen LogP contribution in [0.5, 0.6) is 0 Å². The minimum atomic E-state index is -0.589. The SMILES string of the molecule is CCCc1cccc2ccccc12.CCO[SiH2]OCC. The van der Waals surface area contributed by atoms with Crippen molar-refractivity contribution in [2.45, 2.75) is 33.6 Å². The Morgan fingerprint density at radius 3 is 2.15 bits per heavy atom. The summed E-state index contributed by atoms with van der Waals surface area (Å²) in [6, 6.07) is 15.1. The predicted octanol–water partition coefficient (Wildman–Crippen LogP) is 3.85. The van der Waals surface area contributed by atoms with Crippen LogP contribution < -0.4 is 0 Å². The maximum atomic E-state index is 4.99. The molecule has 20 heavy (non-hydrogen) atoms. The summed E-state index contributed by atoms with van der Waals surface area (Å²) in [6.45, 7) is 7.78. The third-order valence-corrected chi connectivity index (χ3v) is 4.12. The van der Waals surface area contributed by atoms with E-state index in [0.717, 1.165) is 13.2 Å². The zero-order valence-electron chi connectivity index (χ0n) is 12.9. The van der Waals surface area contributed by atoms with Crippen LogP contribution in [0.2, 0.25) is 0 Å². The molecule has 0 saturated heterocycles. The lowest BCUT2D eigenvalue weighted by molar-refractivity contribution is 0.240. The van der Waals surface area contributed by atoms with Crippen LogP contribution in [-0.4, -0.2) is 23.2 Å². The molecule has 0 atom stereocenters. The summed E-state index contributed by atoms with van der Waals surface area (Å²) >= 11 is 0. The average Bonchev–Trinajstić information content (AvgIpc) is 2.49. The molecule has 0 fully saturated rings. The first-order valence-electron chi connectivity index (χ1n) is 7.45. The molecule has 0 aromatic heterocycles. The Labute approximate surface area is 125 Å². The molecule has 2 aromatic carbocycles. The highest BCUT2D eigenvalue weighted by atomic mass is 28.3. The molecule has 0 aliphatic rings. The second kappa shape index (κ2) is 10.6. The largest absolute Gasteiger partial charge is 0.399 e. The summed E-state index contributed by atoms with van der Waals surface area (Å²) in [7, 11) is -0.589. The van der Waals surface area contributed by atoms with Crippen LogP contribution in [0.15, 0.2) is 42.5 Å². The molecule has 0 aliphatic heterocycles. The predicted molar refractivity (Wildman–Crippen MR) is 89.7 cm³/mol. The van der Waals surface area contributed by atoms with Crippen LogP contribution in [0.25, 0.3) is 10.8 Å². The molecule has 0 radical (unpaired) electrons. The Bertz CT molecular complexity index is 476. The second-order valence-corrected chi connectivity index (χ2v) is 5.54. The molecule has 2 nitrogen and oxygen atoms in total. The number of rotatable bonds is 6. The lowest BCUT2D eigenvalue weighted by atomic mass is 10.0. The lowest BCUT2D eigenvalue weighted by Gasteiger charge is -2.03. The van der Waals surface area contributed by atoms with Gasteiger partial charge < -0.3 is 8.85 Å². The van der Waals surface area contributed by atoms with E-state index in [1.807, 2.05) is 13.8 Å². The standard InChI is InChI=1S/C13H14.C4H12O2Si/c1-2-6-11-8-5-9-12-7-3-4-10-13(11)12;1-3-5-7-6-4-2/h3-5,7-10H,2,6H2,1H3;3-4,7H2,1-2H3. The first-order chi connectivity index (χ1) is 9.83. The van der Waals surface area contributed by atoms with E-state index in [2.05, 4.69) is 49.4 Å². The van der Waals surface area contributed by atoms with Crippen LogP contribution in [-0.2, 0) is 15.3 Å². The molecule has 2 aromatic rings.